The van der Waals surface area contributed by atoms with Crippen LogP contribution in [0.5, 0.6) is 34.5 Å². The molecule has 0 heterocycles. The van der Waals surface area contributed by atoms with E-state index in [9.17, 15) is 29.4 Å². The van der Waals surface area contributed by atoms with Gasteiger partial charge in [-0.25, -0.2) is 9.59 Å². The van der Waals surface area contributed by atoms with Crippen LogP contribution in [0.15, 0.2) is 109 Å². The Hall–Kier alpha value is -7.02. The van der Waals surface area contributed by atoms with Crippen molar-refractivity contribution in [3.05, 3.63) is 153 Å². The first-order valence-electron chi connectivity index (χ1n) is 15.9. The molecule has 0 saturated heterocycles. The number of hydrogen-bond acceptors (Lipinski definition) is 10. The first-order valence-corrected chi connectivity index (χ1v) is 16.6. The molecule has 0 radical (unpaired) electrons. The number of ketones is 2. The van der Waals surface area contributed by atoms with Gasteiger partial charge >= 0.3 is 11.9 Å². The predicted molar refractivity (Wildman–Crippen MR) is 199 cm³/mol. The van der Waals surface area contributed by atoms with Gasteiger partial charge in [-0.2, -0.15) is 0 Å². The number of anilines is 4. The average Bonchev–Trinajstić information content (AvgIpc) is 3.16. The van der Waals surface area contributed by atoms with Crippen LogP contribution in [0.4, 0.5) is 22.7 Å². The summed E-state index contributed by atoms with van der Waals surface area (Å²) in [6.07, 6.45) is 0. The van der Waals surface area contributed by atoms with Gasteiger partial charge in [-0.05, 0) is 109 Å². The molecule has 0 spiro atoms. The van der Waals surface area contributed by atoms with Crippen LogP contribution in [0.25, 0.3) is 0 Å². The number of aromatic hydroxyl groups is 2. The topological polar surface area (TPSA) is 192 Å². The number of ether oxygens (including phenoxy) is 2. The third-order valence-electron chi connectivity index (χ3n) is 8.37. The van der Waals surface area contributed by atoms with Crippen LogP contribution >= 0.6 is 23.2 Å². The first kappa shape index (κ1) is 35.4. The summed E-state index contributed by atoms with van der Waals surface area (Å²) in [4.78, 5) is 50.7. The summed E-state index contributed by atoms with van der Waals surface area (Å²) in [5.41, 5.74) is -0.296. The zero-order chi connectivity index (χ0) is 38.3. The maximum atomic E-state index is 14.2. The summed E-state index contributed by atoms with van der Waals surface area (Å²) < 4.78 is 11.6. The Morgan fingerprint density at radius 2 is 0.759 bits per heavy atom. The molecule has 0 bridgehead atoms. The molecule has 0 amide bonds. The van der Waals surface area contributed by atoms with Gasteiger partial charge in [0.1, 0.15) is 34.5 Å². The lowest BCUT2D eigenvalue weighted by molar-refractivity contribution is 0.0686. The highest BCUT2D eigenvalue weighted by molar-refractivity contribution is 6.48. The Kier molecular flexibility index (Phi) is 9.30. The second kappa shape index (κ2) is 14.2. The fraction of sp³-hybridized carbons (Fsp3) is 0. The van der Waals surface area contributed by atoms with Gasteiger partial charge in [-0.15, -0.1) is 0 Å². The second-order valence-corrected chi connectivity index (χ2v) is 12.6. The highest BCUT2D eigenvalue weighted by Gasteiger charge is 2.40. The number of carboxylic acids is 2. The Balaban J connectivity index is 1.23. The van der Waals surface area contributed by atoms with Crippen molar-refractivity contribution in [3.8, 4) is 34.5 Å². The minimum absolute atomic E-state index is 0.0375. The zero-order valence-electron chi connectivity index (χ0n) is 27.4. The minimum atomic E-state index is -1.07. The monoisotopic (exact) mass is 762 g/mol. The molecule has 0 atom stereocenters. The Morgan fingerprint density at radius 3 is 1.06 bits per heavy atom. The maximum Gasteiger partial charge on any atom is 0.335 e. The Labute approximate surface area is 315 Å². The molecule has 0 saturated carbocycles. The maximum absolute atomic E-state index is 14.2. The molecule has 0 unspecified atom stereocenters. The molecule has 7 rings (SSSR count). The van der Waals surface area contributed by atoms with Gasteiger partial charge in [0.15, 0.2) is 0 Å². The number of carbonyl (C=O) groups excluding carboxylic acids is 2. The summed E-state index contributed by atoms with van der Waals surface area (Å²) in [7, 11) is 0. The molecule has 0 aliphatic heterocycles. The van der Waals surface area contributed by atoms with E-state index in [1.54, 1.807) is 48.5 Å². The van der Waals surface area contributed by atoms with E-state index in [4.69, 9.17) is 42.9 Å². The third kappa shape index (κ3) is 6.70. The van der Waals surface area contributed by atoms with E-state index in [1.165, 1.54) is 48.5 Å². The number of rotatable bonds is 10. The first-order chi connectivity index (χ1) is 25.9. The van der Waals surface area contributed by atoms with Crippen molar-refractivity contribution in [3.63, 3.8) is 0 Å². The number of phenols is 2. The van der Waals surface area contributed by atoms with Crippen LogP contribution in [0, 0.1) is 0 Å². The van der Waals surface area contributed by atoms with Crippen LogP contribution in [0.2, 0.25) is 10.0 Å². The summed E-state index contributed by atoms with van der Waals surface area (Å²) in [5.74, 6) is -3.19. The lowest BCUT2D eigenvalue weighted by Crippen LogP contribution is -2.24. The van der Waals surface area contributed by atoms with Gasteiger partial charge in [-0.3, -0.25) is 9.59 Å². The van der Waals surface area contributed by atoms with Crippen molar-refractivity contribution in [2.75, 3.05) is 10.6 Å². The van der Waals surface area contributed by atoms with Gasteiger partial charge in [0, 0.05) is 11.4 Å². The van der Waals surface area contributed by atoms with Crippen molar-refractivity contribution >= 4 is 69.5 Å². The van der Waals surface area contributed by atoms with E-state index in [0.717, 1.165) is 12.1 Å². The van der Waals surface area contributed by atoms with Gasteiger partial charge < -0.3 is 40.5 Å². The van der Waals surface area contributed by atoms with Crippen LogP contribution < -0.4 is 20.1 Å². The van der Waals surface area contributed by atoms with Crippen LogP contribution in [0.3, 0.4) is 0 Å². The number of fused-ring (bicyclic) bond motifs is 2. The van der Waals surface area contributed by atoms with Gasteiger partial charge in [0.25, 0.3) is 0 Å². The average molecular weight is 764 g/mol. The van der Waals surface area contributed by atoms with E-state index in [2.05, 4.69) is 10.6 Å². The number of benzene rings is 6. The highest BCUT2D eigenvalue weighted by Crippen LogP contribution is 2.50. The fourth-order valence-electron chi connectivity index (χ4n) is 5.77. The smallest absolute Gasteiger partial charge is 0.335 e. The quantitative estimate of drug-likeness (QED) is 0.0724. The molecule has 6 N–H and O–H groups in total. The zero-order valence-corrected chi connectivity index (χ0v) is 28.9. The molecule has 14 heteroatoms. The van der Waals surface area contributed by atoms with E-state index < -0.39 is 46.1 Å². The molecule has 0 fully saturated rings. The molecule has 54 heavy (non-hydrogen) atoms. The SMILES string of the molecule is O=C(O)c1ccc(Oc2ccc(Nc3c(Cl)c(Cl)c(Nc4ccc(Oc5ccc(C(=O)O)cc5)cc4)c4c3C(=O)c3c(O)ccc(O)c3C4=O)cc2)cc1. The molecule has 6 aromatic carbocycles. The summed E-state index contributed by atoms with van der Waals surface area (Å²) in [5, 5.41) is 45.6. The number of carbonyl (C=O) groups is 4. The summed E-state index contributed by atoms with van der Waals surface area (Å²) >= 11 is 13.7. The number of carboxylic acid groups (broad SMARTS) is 2. The van der Waals surface area contributed by atoms with Crippen molar-refractivity contribution in [2.24, 2.45) is 0 Å². The number of hydrogen-bond donors (Lipinski definition) is 6. The molecule has 268 valence electrons. The minimum Gasteiger partial charge on any atom is -0.507 e. The largest absolute Gasteiger partial charge is 0.507 e. The van der Waals surface area contributed by atoms with Crippen molar-refractivity contribution in [2.45, 2.75) is 0 Å². The van der Waals surface area contributed by atoms with Gasteiger partial charge in [-0.1, -0.05) is 23.2 Å². The molecule has 6 aromatic rings. The van der Waals surface area contributed by atoms with Gasteiger partial charge in [0.2, 0.25) is 11.6 Å². The van der Waals surface area contributed by atoms with Crippen LogP contribution in [-0.2, 0) is 0 Å². The molecule has 1 aliphatic rings. The summed E-state index contributed by atoms with van der Waals surface area (Å²) in [6.45, 7) is 0. The Morgan fingerprint density at radius 1 is 0.463 bits per heavy atom. The lowest BCUT2D eigenvalue weighted by atomic mass is 9.81. The third-order valence-corrected chi connectivity index (χ3v) is 9.23. The molecular formula is C40H24Cl2N2O10. The van der Waals surface area contributed by atoms with Gasteiger partial charge in [0.05, 0.1) is 54.8 Å². The number of aromatic carboxylic acids is 2. The van der Waals surface area contributed by atoms with Crippen LogP contribution in [0.1, 0.15) is 52.6 Å². The van der Waals surface area contributed by atoms with E-state index in [1.807, 2.05) is 0 Å². The number of nitrogens with one attached hydrogen (secondary N) is 2. The molecule has 1 aliphatic carbocycles. The fourth-order valence-corrected chi connectivity index (χ4v) is 6.25. The van der Waals surface area contributed by atoms with Crippen molar-refractivity contribution < 1.29 is 49.1 Å². The standard InChI is InChI=1S/C40H24Cl2N2O10/c41-33-34(42)36(44-22-7-15-26(16-8-22)54-24-11-3-20(4-12-24)40(51)52)32-31(37(47)29-27(45)17-18-28(46)30(29)38(32)48)35(33)43-21-5-13-25(14-6-21)53-23-9-1-19(2-10-23)39(49)50/h1-18,43-46H,(H,49,50)(H,51,52). The highest BCUT2D eigenvalue weighted by atomic mass is 35.5. The van der Waals surface area contributed by atoms with E-state index in [0.29, 0.717) is 34.4 Å². The second-order valence-electron chi connectivity index (χ2n) is 11.8. The lowest BCUT2D eigenvalue weighted by Gasteiger charge is -2.27. The Bertz CT molecular complexity index is 2330. The molecule has 0 aromatic heterocycles. The normalized spacial score (nSPS) is 11.7. The molecule has 12 nitrogen and oxygen atoms in total. The van der Waals surface area contributed by atoms with E-state index in [-0.39, 0.29) is 43.7 Å². The van der Waals surface area contributed by atoms with Crippen molar-refractivity contribution in [1.29, 1.82) is 0 Å². The van der Waals surface area contributed by atoms with Crippen molar-refractivity contribution in [1.82, 2.24) is 0 Å². The number of halogens is 2. The summed E-state index contributed by atoms with van der Waals surface area (Å²) in [6, 6.07) is 26.8. The predicted octanol–water partition coefficient (Wildman–Crippen LogP) is 9.65. The van der Waals surface area contributed by atoms with E-state index >= 15 is 0 Å². The number of phenolic OH excluding ortho intramolecular Hbond substituents is 2. The van der Waals surface area contributed by atoms with Crippen LogP contribution in [-0.4, -0.2) is 43.9 Å². The molecular weight excluding hydrogens is 739 g/mol.